The summed E-state index contributed by atoms with van der Waals surface area (Å²) in [6.07, 6.45) is 4.47. The van der Waals surface area contributed by atoms with Crippen molar-refractivity contribution in [2.75, 3.05) is 20.3 Å². The highest BCUT2D eigenvalue weighted by Crippen LogP contribution is 2.31. The van der Waals surface area contributed by atoms with Gasteiger partial charge in [0, 0.05) is 7.05 Å². The Labute approximate surface area is 174 Å². The van der Waals surface area contributed by atoms with Crippen molar-refractivity contribution in [1.82, 2.24) is 4.90 Å². The summed E-state index contributed by atoms with van der Waals surface area (Å²) >= 11 is 6.46. The third-order valence-corrected chi connectivity index (χ3v) is 5.60. The van der Waals surface area contributed by atoms with Gasteiger partial charge in [-0.25, -0.2) is 0 Å². The van der Waals surface area contributed by atoms with Crippen LogP contribution in [0, 0.1) is 0 Å². The Morgan fingerprint density at radius 2 is 1.82 bits per heavy atom. The molecule has 0 aliphatic carbocycles. The number of thioether (sulfide) groups is 1. The molecule has 2 aromatic carbocycles. The molecule has 144 valence electrons. The quantitative estimate of drug-likeness (QED) is 0.272. The zero-order valence-corrected chi connectivity index (χ0v) is 17.2. The summed E-state index contributed by atoms with van der Waals surface area (Å²) < 4.78 is 12.1. The van der Waals surface area contributed by atoms with Crippen LogP contribution < -0.4 is 9.47 Å². The van der Waals surface area contributed by atoms with E-state index in [0.717, 1.165) is 29.0 Å². The first-order valence-electron chi connectivity index (χ1n) is 8.84. The number of amides is 1. The first-order chi connectivity index (χ1) is 13.6. The standard InChI is InChI=1S/C22H21NO3S2/c1-3-6-17-7-4-5-8-19(17)26-14-13-25-18-11-9-16(10-12-18)15-20-21(24)23(2)22(27)28-20/h3-5,7-12,15H,1,6,13-14H2,2H3/b20-15-. The smallest absolute Gasteiger partial charge is 0.265 e. The normalized spacial score (nSPS) is 15.2. The van der Waals surface area contributed by atoms with E-state index in [4.69, 9.17) is 21.7 Å². The number of hydrogen-bond acceptors (Lipinski definition) is 5. The van der Waals surface area contributed by atoms with Crippen LogP contribution in [-0.4, -0.2) is 35.4 Å². The molecule has 28 heavy (non-hydrogen) atoms. The molecule has 1 aliphatic rings. The Balaban J connectivity index is 1.51. The first kappa shape index (κ1) is 20.2. The van der Waals surface area contributed by atoms with Gasteiger partial charge in [-0.1, -0.05) is 60.4 Å². The Morgan fingerprint density at radius 3 is 2.50 bits per heavy atom. The van der Waals surface area contributed by atoms with Gasteiger partial charge in [-0.15, -0.1) is 6.58 Å². The number of para-hydroxylation sites is 1. The summed E-state index contributed by atoms with van der Waals surface area (Å²) in [5, 5.41) is 0. The predicted octanol–water partition coefficient (Wildman–Crippen LogP) is 4.70. The van der Waals surface area contributed by atoms with E-state index in [1.807, 2.05) is 60.7 Å². The number of likely N-dealkylation sites (N-methyl/N-ethyl adjacent to an activating group) is 1. The van der Waals surface area contributed by atoms with Gasteiger partial charge in [-0.3, -0.25) is 9.69 Å². The number of carbonyl (C=O) groups excluding carboxylic acids is 1. The van der Waals surface area contributed by atoms with E-state index in [1.54, 1.807) is 7.05 Å². The van der Waals surface area contributed by atoms with Gasteiger partial charge in [0.2, 0.25) is 0 Å². The molecule has 3 rings (SSSR count). The van der Waals surface area contributed by atoms with Gasteiger partial charge in [0.1, 0.15) is 29.0 Å². The minimum atomic E-state index is -0.0655. The van der Waals surface area contributed by atoms with E-state index in [1.165, 1.54) is 16.7 Å². The van der Waals surface area contributed by atoms with Crippen molar-refractivity contribution in [1.29, 1.82) is 0 Å². The van der Waals surface area contributed by atoms with Gasteiger partial charge in [-0.2, -0.15) is 0 Å². The maximum absolute atomic E-state index is 12.0. The lowest BCUT2D eigenvalue weighted by atomic mass is 10.1. The van der Waals surface area contributed by atoms with Crippen LogP contribution in [0.5, 0.6) is 11.5 Å². The number of ether oxygens (including phenoxy) is 2. The lowest BCUT2D eigenvalue weighted by Gasteiger charge is -2.11. The topological polar surface area (TPSA) is 38.8 Å². The van der Waals surface area contributed by atoms with Gasteiger partial charge < -0.3 is 9.47 Å². The number of benzene rings is 2. The molecule has 2 aromatic rings. The highest BCUT2D eigenvalue weighted by atomic mass is 32.2. The van der Waals surface area contributed by atoms with Crippen molar-refractivity contribution in [3.05, 3.63) is 77.2 Å². The molecule has 0 saturated carbocycles. The molecule has 0 aromatic heterocycles. The first-order valence-corrected chi connectivity index (χ1v) is 10.1. The van der Waals surface area contributed by atoms with Gasteiger partial charge in [0.05, 0.1) is 4.91 Å². The van der Waals surface area contributed by atoms with E-state index < -0.39 is 0 Å². The second kappa shape index (κ2) is 9.57. The fourth-order valence-electron chi connectivity index (χ4n) is 2.64. The SMILES string of the molecule is C=CCc1ccccc1OCCOc1ccc(/C=C2\SC(=S)N(C)C2=O)cc1. The number of carbonyl (C=O) groups is 1. The van der Waals surface area contributed by atoms with Crippen molar-refractivity contribution < 1.29 is 14.3 Å². The largest absolute Gasteiger partial charge is 0.490 e. The lowest BCUT2D eigenvalue weighted by Crippen LogP contribution is -2.22. The number of allylic oxidation sites excluding steroid dienone is 1. The fourth-order valence-corrected chi connectivity index (χ4v) is 3.82. The third-order valence-electron chi connectivity index (χ3n) is 4.11. The molecule has 0 atom stereocenters. The predicted molar refractivity (Wildman–Crippen MR) is 119 cm³/mol. The monoisotopic (exact) mass is 411 g/mol. The number of nitrogens with zero attached hydrogens (tertiary/aromatic N) is 1. The van der Waals surface area contributed by atoms with Crippen molar-refractivity contribution in [3.63, 3.8) is 0 Å². The molecule has 0 unspecified atom stereocenters. The molecule has 1 amide bonds. The van der Waals surface area contributed by atoms with Gasteiger partial charge >= 0.3 is 0 Å². The van der Waals surface area contributed by atoms with Crippen LogP contribution in [0.1, 0.15) is 11.1 Å². The molecule has 4 nitrogen and oxygen atoms in total. The number of hydrogen-bond donors (Lipinski definition) is 0. The van der Waals surface area contributed by atoms with Crippen molar-refractivity contribution in [2.24, 2.45) is 0 Å². The third kappa shape index (κ3) is 5.03. The molecule has 0 spiro atoms. The molecular weight excluding hydrogens is 390 g/mol. The average molecular weight is 412 g/mol. The molecule has 6 heteroatoms. The van der Waals surface area contributed by atoms with E-state index in [9.17, 15) is 4.79 Å². The summed E-state index contributed by atoms with van der Waals surface area (Å²) in [4.78, 5) is 14.2. The van der Waals surface area contributed by atoms with Crippen LogP contribution in [0.3, 0.4) is 0 Å². The number of rotatable bonds is 8. The van der Waals surface area contributed by atoms with Crippen molar-refractivity contribution >= 4 is 40.3 Å². The summed E-state index contributed by atoms with van der Waals surface area (Å²) in [5.41, 5.74) is 2.04. The molecule has 0 radical (unpaired) electrons. The molecule has 0 N–H and O–H groups in total. The minimum absolute atomic E-state index is 0.0655. The second-order valence-electron chi connectivity index (χ2n) is 6.11. The van der Waals surface area contributed by atoms with Crippen LogP contribution in [0.25, 0.3) is 6.08 Å². The van der Waals surface area contributed by atoms with Crippen molar-refractivity contribution in [3.8, 4) is 11.5 Å². The van der Waals surface area contributed by atoms with Crippen LogP contribution >= 0.6 is 24.0 Å². The van der Waals surface area contributed by atoms with Gasteiger partial charge in [-0.05, 0) is 41.8 Å². The van der Waals surface area contributed by atoms with Gasteiger partial charge in [0.25, 0.3) is 5.91 Å². The summed E-state index contributed by atoms with van der Waals surface area (Å²) in [6, 6.07) is 15.5. The van der Waals surface area contributed by atoms with Crippen LogP contribution in [0.2, 0.25) is 0 Å². The molecule has 0 bridgehead atoms. The fraction of sp³-hybridized carbons (Fsp3) is 0.182. The van der Waals surface area contributed by atoms with Crippen molar-refractivity contribution in [2.45, 2.75) is 6.42 Å². The Hall–Kier alpha value is -2.57. The Morgan fingerprint density at radius 1 is 1.11 bits per heavy atom. The van der Waals surface area contributed by atoms with Gasteiger partial charge in [0.15, 0.2) is 0 Å². The molecule has 1 fully saturated rings. The molecule has 1 saturated heterocycles. The summed E-state index contributed by atoms with van der Waals surface area (Å²) in [7, 11) is 1.69. The Bertz CT molecular complexity index is 906. The maximum Gasteiger partial charge on any atom is 0.265 e. The minimum Gasteiger partial charge on any atom is -0.490 e. The lowest BCUT2D eigenvalue weighted by molar-refractivity contribution is -0.121. The van der Waals surface area contributed by atoms with E-state index >= 15 is 0 Å². The molecule has 1 heterocycles. The van der Waals surface area contributed by atoms with E-state index in [-0.39, 0.29) is 5.91 Å². The maximum atomic E-state index is 12.0. The highest BCUT2D eigenvalue weighted by molar-refractivity contribution is 8.26. The zero-order valence-electron chi connectivity index (χ0n) is 15.6. The molecular formula is C22H21NO3S2. The number of thiocarbonyl (C=S) groups is 1. The Kier molecular flexibility index (Phi) is 6.90. The summed E-state index contributed by atoms with van der Waals surface area (Å²) in [6.45, 7) is 4.66. The highest BCUT2D eigenvalue weighted by Gasteiger charge is 2.28. The van der Waals surface area contributed by atoms with Crippen LogP contribution in [0.15, 0.2) is 66.1 Å². The van der Waals surface area contributed by atoms with Crippen LogP contribution in [0.4, 0.5) is 0 Å². The zero-order chi connectivity index (χ0) is 19.9. The van der Waals surface area contributed by atoms with E-state index in [0.29, 0.717) is 22.4 Å². The van der Waals surface area contributed by atoms with E-state index in [2.05, 4.69) is 6.58 Å². The average Bonchev–Trinajstić information content (AvgIpc) is 2.94. The van der Waals surface area contributed by atoms with Crippen LogP contribution in [-0.2, 0) is 11.2 Å². The molecule has 1 aliphatic heterocycles. The second-order valence-corrected chi connectivity index (χ2v) is 7.78. The summed E-state index contributed by atoms with van der Waals surface area (Å²) in [5.74, 6) is 1.54.